The lowest BCUT2D eigenvalue weighted by Gasteiger charge is -1.71. The molecule has 0 atom stereocenters. The zero-order valence-corrected chi connectivity index (χ0v) is 4.05. The normalized spacial score (nSPS) is 10.5. The molecule has 0 aromatic carbocycles. The molecule has 0 spiro atoms. The van der Waals surface area contributed by atoms with Gasteiger partial charge in [0.2, 0.25) is 5.78 Å². The summed E-state index contributed by atoms with van der Waals surface area (Å²) >= 11 is 0. The first-order valence-electron chi connectivity index (χ1n) is 2.26. The number of hydrogen-bond acceptors (Lipinski definition) is 1. The minimum atomic E-state index is 0.782. The third-order valence-electron chi connectivity index (χ3n) is 0.989. The third kappa shape index (κ3) is 0.307. The Bertz CT molecular complexity index is 229. The van der Waals surface area contributed by atoms with Gasteiger partial charge in [-0.25, -0.2) is 4.98 Å². The fourth-order valence-electron chi connectivity index (χ4n) is 0.628. The molecule has 0 amide bonds. The van der Waals surface area contributed by atoms with Crippen molar-refractivity contribution in [3.05, 3.63) is 24.8 Å². The van der Waals surface area contributed by atoms with Crippen LogP contribution in [0.2, 0.25) is 0 Å². The van der Waals surface area contributed by atoms with Crippen molar-refractivity contribution in [2.75, 3.05) is 0 Å². The second-order valence-electron chi connectivity index (χ2n) is 1.48. The Hall–Kier alpha value is -1.25. The van der Waals surface area contributed by atoms with E-state index >= 15 is 0 Å². The molecule has 0 aliphatic carbocycles. The van der Waals surface area contributed by atoms with Gasteiger partial charge in [0, 0.05) is 6.20 Å². The second kappa shape index (κ2) is 1.12. The van der Waals surface area contributed by atoms with Crippen LogP contribution in [-0.4, -0.2) is 14.4 Å². The largest absolute Gasteiger partial charge is 0.322 e. The minimum Gasteiger partial charge on any atom is -0.322 e. The van der Waals surface area contributed by atoms with Crippen LogP contribution in [0.3, 0.4) is 0 Å². The first-order valence-corrected chi connectivity index (χ1v) is 2.26. The first kappa shape index (κ1) is 3.72. The van der Waals surface area contributed by atoms with Crippen LogP contribution in [0.25, 0.3) is 5.78 Å². The number of hydrogen-bond donors (Lipinski definition) is 1. The summed E-state index contributed by atoms with van der Waals surface area (Å²) in [5.41, 5.74) is 0. The van der Waals surface area contributed by atoms with Crippen LogP contribution in [0.5, 0.6) is 0 Å². The fourth-order valence-corrected chi connectivity index (χ4v) is 0.628. The van der Waals surface area contributed by atoms with Crippen LogP contribution in [0.4, 0.5) is 0 Å². The van der Waals surface area contributed by atoms with E-state index in [0.717, 1.165) is 5.78 Å². The predicted molar refractivity (Wildman–Crippen MR) is 27.2 cm³/mol. The van der Waals surface area contributed by atoms with Crippen molar-refractivity contribution < 1.29 is 0 Å². The van der Waals surface area contributed by atoms with Gasteiger partial charge in [0.25, 0.3) is 0 Å². The standard InChI is InChI=1S/C5H3N3/c1-3-8-4-2-7-5(8)6-1/h1,4H,(H,6,7). The number of nitrogens with zero attached hydrogens (tertiary/aromatic N) is 2. The highest BCUT2D eigenvalue weighted by Gasteiger charge is 1.88. The van der Waals surface area contributed by atoms with Gasteiger partial charge in [-0.05, 0) is 0 Å². The smallest absolute Gasteiger partial charge is 0.212 e. The average molecular weight is 105 g/mol. The van der Waals surface area contributed by atoms with Crippen molar-refractivity contribution in [3.8, 4) is 0 Å². The maximum absolute atomic E-state index is 3.90. The van der Waals surface area contributed by atoms with Crippen LogP contribution in [-0.2, 0) is 0 Å². The molecule has 38 valence electrons. The molecule has 1 N–H and O–H groups in total. The van der Waals surface area contributed by atoms with Crippen molar-refractivity contribution in [1.29, 1.82) is 0 Å². The summed E-state index contributed by atoms with van der Waals surface area (Å²) in [5.74, 6) is 0.782. The molecule has 2 aromatic rings. The molecular formula is C5H3N3. The van der Waals surface area contributed by atoms with Crippen molar-refractivity contribution in [2.24, 2.45) is 0 Å². The van der Waals surface area contributed by atoms with Crippen molar-refractivity contribution in [1.82, 2.24) is 14.4 Å². The Labute approximate surface area is 46.0 Å². The van der Waals surface area contributed by atoms with Crippen molar-refractivity contribution >= 4 is 5.78 Å². The lowest BCUT2D eigenvalue weighted by atomic mass is 10.9. The van der Waals surface area contributed by atoms with Gasteiger partial charge in [0.05, 0.1) is 18.6 Å². The van der Waals surface area contributed by atoms with E-state index in [1.165, 1.54) is 0 Å². The highest BCUT2D eigenvalue weighted by molar-refractivity contribution is 5.25. The van der Waals surface area contributed by atoms with E-state index < -0.39 is 0 Å². The zero-order valence-electron chi connectivity index (χ0n) is 4.05. The van der Waals surface area contributed by atoms with E-state index in [2.05, 4.69) is 22.4 Å². The Morgan fingerprint density at radius 2 is 2.75 bits per heavy atom. The molecule has 8 heavy (non-hydrogen) atoms. The highest BCUT2D eigenvalue weighted by atomic mass is 15.1. The third-order valence-corrected chi connectivity index (χ3v) is 0.989. The molecular weight excluding hydrogens is 102 g/mol. The SMILES string of the molecule is [c]1cn2[c]cnc2[nH]1. The zero-order chi connectivity index (χ0) is 5.40. The Balaban J connectivity index is 3.06. The van der Waals surface area contributed by atoms with Crippen LogP contribution in [0, 0.1) is 12.4 Å². The predicted octanol–water partition coefficient (Wildman–Crippen LogP) is 0.263. The van der Waals surface area contributed by atoms with Gasteiger partial charge in [-0.2, -0.15) is 0 Å². The van der Waals surface area contributed by atoms with Crippen LogP contribution < -0.4 is 0 Å². The monoisotopic (exact) mass is 105 g/mol. The summed E-state index contributed by atoms with van der Waals surface area (Å²) in [5, 5.41) is 0. The summed E-state index contributed by atoms with van der Waals surface area (Å²) in [6.07, 6.45) is 8.95. The fraction of sp³-hybridized carbons (Fsp3) is 0. The molecule has 0 unspecified atom stereocenters. The molecule has 3 heteroatoms. The van der Waals surface area contributed by atoms with E-state index in [1.54, 1.807) is 16.8 Å². The van der Waals surface area contributed by atoms with Gasteiger partial charge in [0.1, 0.15) is 0 Å². The van der Waals surface area contributed by atoms with Gasteiger partial charge in [0.15, 0.2) is 0 Å². The molecule has 2 rings (SSSR count). The van der Waals surface area contributed by atoms with E-state index in [4.69, 9.17) is 0 Å². The summed E-state index contributed by atoms with van der Waals surface area (Å²) in [6, 6.07) is 0. The highest BCUT2D eigenvalue weighted by Crippen LogP contribution is 1.91. The summed E-state index contributed by atoms with van der Waals surface area (Å²) in [6.45, 7) is 0. The topological polar surface area (TPSA) is 33.1 Å². The van der Waals surface area contributed by atoms with E-state index in [0.29, 0.717) is 0 Å². The summed E-state index contributed by atoms with van der Waals surface area (Å²) in [7, 11) is 0. The first-order chi connectivity index (χ1) is 3.97. The van der Waals surface area contributed by atoms with Crippen molar-refractivity contribution in [2.45, 2.75) is 0 Å². The second-order valence-corrected chi connectivity index (χ2v) is 1.48. The van der Waals surface area contributed by atoms with E-state index in [-0.39, 0.29) is 0 Å². The molecule has 0 saturated carbocycles. The number of H-pyrrole nitrogens is 1. The van der Waals surface area contributed by atoms with Crippen LogP contribution in [0.1, 0.15) is 0 Å². The molecule has 3 nitrogen and oxygen atoms in total. The number of imidazole rings is 2. The lowest BCUT2D eigenvalue weighted by Crippen LogP contribution is -1.70. The molecule has 2 radical (unpaired) electrons. The molecule has 0 aliphatic heterocycles. The maximum atomic E-state index is 3.90. The van der Waals surface area contributed by atoms with E-state index in [1.807, 2.05) is 0 Å². The Morgan fingerprint density at radius 3 is 3.62 bits per heavy atom. The summed E-state index contributed by atoms with van der Waals surface area (Å²) in [4.78, 5) is 6.69. The number of aromatic nitrogens is 3. The lowest BCUT2D eigenvalue weighted by molar-refractivity contribution is 1.20. The quantitative estimate of drug-likeness (QED) is 0.512. The van der Waals surface area contributed by atoms with Crippen molar-refractivity contribution in [3.63, 3.8) is 0 Å². The van der Waals surface area contributed by atoms with Gasteiger partial charge in [-0.3, -0.25) is 4.40 Å². The maximum Gasteiger partial charge on any atom is 0.212 e. The number of nitrogens with one attached hydrogen (secondary N) is 1. The molecule has 0 aliphatic rings. The van der Waals surface area contributed by atoms with E-state index in [9.17, 15) is 0 Å². The summed E-state index contributed by atoms with van der Waals surface area (Å²) < 4.78 is 1.74. The molecule has 0 bridgehead atoms. The average Bonchev–Trinajstić information content (AvgIpc) is 2.15. The Kier molecular flexibility index (Phi) is 0.521. The van der Waals surface area contributed by atoms with Gasteiger partial charge < -0.3 is 4.98 Å². The van der Waals surface area contributed by atoms with Crippen LogP contribution in [0.15, 0.2) is 12.4 Å². The molecule has 2 heterocycles. The number of rotatable bonds is 0. The van der Waals surface area contributed by atoms with Crippen LogP contribution >= 0.6 is 0 Å². The molecule has 0 fully saturated rings. The number of fused-ring (bicyclic) bond motifs is 1. The van der Waals surface area contributed by atoms with Gasteiger partial charge in [-0.1, -0.05) is 0 Å². The molecule has 2 aromatic heterocycles. The van der Waals surface area contributed by atoms with Gasteiger partial charge >= 0.3 is 0 Å². The van der Waals surface area contributed by atoms with Gasteiger partial charge in [-0.15, -0.1) is 0 Å². The Morgan fingerprint density at radius 1 is 1.75 bits per heavy atom. The number of aromatic amines is 1. The molecule has 0 saturated heterocycles. The minimum absolute atomic E-state index is 0.782.